The minimum absolute atomic E-state index is 0.111. The molecule has 0 aliphatic heterocycles. The van der Waals surface area contributed by atoms with E-state index >= 15 is 0 Å². The van der Waals surface area contributed by atoms with E-state index in [0.29, 0.717) is 5.69 Å². The van der Waals surface area contributed by atoms with E-state index in [4.69, 9.17) is 4.74 Å². The molecule has 3 heterocycles. The Bertz CT molecular complexity index is 953. The van der Waals surface area contributed by atoms with Gasteiger partial charge in [0, 0.05) is 25.5 Å². The number of nitrogens with one attached hydrogen (secondary N) is 2. The second kappa shape index (κ2) is 7.88. The van der Waals surface area contributed by atoms with Gasteiger partial charge in [-0.15, -0.1) is 0 Å². The standard InChI is InChI=1S/C21H25N5O2/c1-14-20(6-3-11-22-14)28-16-9-7-15(8-10-16)23-21(27)18-13-17(24-25-18)19-5-4-12-26(19)2/h3-6,11-13,15-16H,7-10H2,1-2H3,(H,23,27)(H,24,25). The molecule has 1 saturated carbocycles. The van der Waals surface area contributed by atoms with E-state index in [1.165, 1.54) is 0 Å². The van der Waals surface area contributed by atoms with Crippen LogP contribution in [0.3, 0.4) is 0 Å². The zero-order valence-corrected chi connectivity index (χ0v) is 16.2. The Morgan fingerprint density at radius 1 is 1.25 bits per heavy atom. The zero-order chi connectivity index (χ0) is 19.5. The fraction of sp³-hybridized carbons (Fsp3) is 0.381. The number of aromatic nitrogens is 4. The molecule has 3 aromatic heterocycles. The largest absolute Gasteiger partial charge is 0.489 e. The van der Waals surface area contributed by atoms with Crippen LogP contribution in [0.15, 0.2) is 42.7 Å². The number of carbonyl (C=O) groups is 1. The molecule has 4 rings (SSSR count). The molecule has 7 nitrogen and oxygen atoms in total. The molecular formula is C21H25N5O2. The van der Waals surface area contributed by atoms with Crippen molar-refractivity contribution in [2.45, 2.75) is 44.8 Å². The van der Waals surface area contributed by atoms with Crippen LogP contribution in [-0.4, -0.2) is 37.8 Å². The summed E-state index contributed by atoms with van der Waals surface area (Å²) in [6, 6.07) is 9.73. The predicted molar refractivity (Wildman–Crippen MR) is 106 cm³/mol. The molecule has 0 atom stereocenters. The number of nitrogens with zero attached hydrogens (tertiary/aromatic N) is 3. The van der Waals surface area contributed by atoms with Crippen LogP contribution in [0.4, 0.5) is 0 Å². The van der Waals surface area contributed by atoms with Gasteiger partial charge in [-0.25, -0.2) is 0 Å². The first-order chi connectivity index (χ1) is 13.6. The smallest absolute Gasteiger partial charge is 0.269 e. The van der Waals surface area contributed by atoms with E-state index < -0.39 is 0 Å². The average Bonchev–Trinajstić information content (AvgIpc) is 3.34. The van der Waals surface area contributed by atoms with E-state index in [1.54, 1.807) is 12.3 Å². The molecule has 0 radical (unpaired) electrons. The topological polar surface area (TPSA) is 84.8 Å². The van der Waals surface area contributed by atoms with Crippen molar-refractivity contribution in [1.82, 2.24) is 25.1 Å². The van der Waals surface area contributed by atoms with Crippen molar-refractivity contribution in [1.29, 1.82) is 0 Å². The number of hydrogen-bond donors (Lipinski definition) is 2. The Hall–Kier alpha value is -3.09. The normalized spacial score (nSPS) is 19.4. The van der Waals surface area contributed by atoms with Gasteiger partial charge in [0.25, 0.3) is 5.91 Å². The third kappa shape index (κ3) is 3.93. The molecule has 0 spiro atoms. The van der Waals surface area contributed by atoms with Crippen molar-refractivity contribution < 1.29 is 9.53 Å². The van der Waals surface area contributed by atoms with Crippen molar-refractivity contribution >= 4 is 5.91 Å². The van der Waals surface area contributed by atoms with E-state index in [2.05, 4.69) is 20.5 Å². The summed E-state index contributed by atoms with van der Waals surface area (Å²) in [6.07, 6.45) is 7.52. The van der Waals surface area contributed by atoms with Crippen molar-refractivity contribution in [3.05, 3.63) is 54.1 Å². The summed E-state index contributed by atoms with van der Waals surface area (Å²) in [6.45, 7) is 1.95. The second-order valence-corrected chi connectivity index (χ2v) is 7.32. The van der Waals surface area contributed by atoms with Gasteiger partial charge in [-0.1, -0.05) is 0 Å². The van der Waals surface area contributed by atoms with Crippen LogP contribution in [0, 0.1) is 6.92 Å². The summed E-state index contributed by atoms with van der Waals surface area (Å²) in [7, 11) is 1.96. The van der Waals surface area contributed by atoms with Crippen molar-refractivity contribution in [3.8, 4) is 17.1 Å². The summed E-state index contributed by atoms with van der Waals surface area (Å²) >= 11 is 0. The number of aryl methyl sites for hydroxylation is 2. The van der Waals surface area contributed by atoms with Crippen molar-refractivity contribution in [2.24, 2.45) is 7.05 Å². The molecule has 3 aromatic rings. The molecule has 0 saturated heterocycles. The van der Waals surface area contributed by atoms with Gasteiger partial charge in [-0.2, -0.15) is 5.10 Å². The first kappa shape index (κ1) is 18.3. The number of carbonyl (C=O) groups excluding carboxylic acids is 1. The van der Waals surface area contributed by atoms with E-state index in [0.717, 1.165) is 48.5 Å². The zero-order valence-electron chi connectivity index (χ0n) is 16.2. The lowest BCUT2D eigenvalue weighted by Crippen LogP contribution is -2.39. The van der Waals surface area contributed by atoms with Gasteiger partial charge in [0.15, 0.2) is 0 Å². The maximum absolute atomic E-state index is 12.6. The quantitative estimate of drug-likeness (QED) is 0.713. The SMILES string of the molecule is Cc1ncccc1OC1CCC(NC(=O)c2cc(-c3cccn3C)n[nH]2)CC1. The van der Waals surface area contributed by atoms with Crippen LogP contribution >= 0.6 is 0 Å². The molecule has 28 heavy (non-hydrogen) atoms. The highest BCUT2D eigenvalue weighted by atomic mass is 16.5. The lowest BCUT2D eigenvalue weighted by molar-refractivity contribution is 0.0888. The molecule has 0 bridgehead atoms. The fourth-order valence-electron chi connectivity index (χ4n) is 3.66. The molecule has 0 unspecified atom stereocenters. The summed E-state index contributed by atoms with van der Waals surface area (Å²) in [5, 5.41) is 10.2. The summed E-state index contributed by atoms with van der Waals surface area (Å²) < 4.78 is 8.06. The van der Waals surface area contributed by atoms with Crippen molar-refractivity contribution in [2.75, 3.05) is 0 Å². The van der Waals surface area contributed by atoms with Crippen LogP contribution in [0.1, 0.15) is 41.9 Å². The Labute approximate surface area is 164 Å². The Kier molecular flexibility index (Phi) is 5.14. The summed E-state index contributed by atoms with van der Waals surface area (Å²) in [5.74, 6) is 0.737. The summed E-state index contributed by atoms with van der Waals surface area (Å²) in [5.41, 5.74) is 3.13. The predicted octanol–water partition coefficient (Wildman–Crippen LogP) is 3.24. The maximum Gasteiger partial charge on any atom is 0.269 e. The Balaban J connectivity index is 1.30. The number of H-pyrrole nitrogens is 1. The molecule has 1 amide bonds. The van der Waals surface area contributed by atoms with Gasteiger partial charge >= 0.3 is 0 Å². The molecule has 1 fully saturated rings. The van der Waals surface area contributed by atoms with E-state index in [9.17, 15) is 4.79 Å². The molecule has 146 valence electrons. The minimum Gasteiger partial charge on any atom is -0.489 e. The first-order valence-electron chi connectivity index (χ1n) is 9.66. The third-order valence-corrected chi connectivity index (χ3v) is 5.29. The number of aromatic amines is 1. The Morgan fingerprint density at radius 2 is 2.07 bits per heavy atom. The number of ether oxygens (including phenoxy) is 1. The fourth-order valence-corrected chi connectivity index (χ4v) is 3.66. The first-order valence-corrected chi connectivity index (χ1v) is 9.66. The van der Waals surface area contributed by atoms with E-state index in [-0.39, 0.29) is 18.1 Å². The molecule has 7 heteroatoms. The van der Waals surface area contributed by atoms with Crippen LogP contribution < -0.4 is 10.1 Å². The van der Waals surface area contributed by atoms with E-state index in [1.807, 2.05) is 49.0 Å². The number of rotatable bonds is 5. The summed E-state index contributed by atoms with van der Waals surface area (Å²) in [4.78, 5) is 16.8. The van der Waals surface area contributed by atoms with Gasteiger partial charge in [-0.05, 0) is 62.9 Å². The number of hydrogen-bond acceptors (Lipinski definition) is 4. The molecule has 1 aliphatic rings. The minimum atomic E-state index is -0.111. The molecular weight excluding hydrogens is 354 g/mol. The van der Waals surface area contributed by atoms with Gasteiger partial charge in [0.05, 0.1) is 17.5 Å². The second-order valence-electron chi connectivity index (χ2n) is 7.32. The van der Waals surface area contributed by atoms with Crippen LogP contribution in [-0.2, 0) is 7.05 Å². The highest BCUT2D eigenvalue weighted by molar-refractivity contribution is 5.93. The average molecular weight is 379 g/mol. The van der Waals surface area contributed by atoms with Gasteiger partial charge < -0.3 is 14.6 Å². The van der Waals surface area contributed by atoms with Crippen molar-refractivity contribution in [3.63, 3.8) is 0 Å². The molecule has 1 aliphatic carbocycles. The third-order valence-electron chi connectivity index (χ3n) is 5.29. The van der Waals surface area contributed by atoms with Crippen LogP contribution in [0.25, 0.3) is 11.4 Å². The van der Waals surface area contributed by atoms with Gasteiger partial charge in [0.1, 0.15) is 17.1 Å². The Morgan fingerprint density at radius 3 is 2.79 bits per heavy atom. The maximum atomic E-state index is 12.6. The van der Waals surface area contributed by atoms with Gasteiger partial charge in [-0.3, -0.25) is 14.9 Å². The highest BCUT2D eigenvalue weighted by Crippen LogP contribution is 2.25. The number of amides is 1. The van der Waals surface area contributed by atoms with Crippen LogP contribution in [0.5, 0.6) is 5.75 Å². The van der Waals surface area contributed by atoms with Crippen LogP contribution in [0.2, 0.25) is 0 Å². The monoisotopic (exact) mass is 379 g/mol. The lowest BCUT2D eigenvalue weighted by Gasteiger charge is -2.29. The molecule has 2 N–H and O–H groups in total. The number of pyridine rings is 1. The lowest BCUT2D eigenvalue weighted by atomic mass is 9.92. The molecule has 0 aromatic carbocycles. The highest BCUT2D eigenvalue weighted by Gasteiger charge is 2.25. The van der Waals surface area contributed by atoms with Gasteiger partial charge in [0.2, 0.25) is 0 Å².